The van der Waals surface area contributed by atoms with Crippen LogP contribution in [0.5, 0.6) is 5.75 Å². The summed E-state index contributed by atoms with van der Waals surface area (Å²) in [6.45, 7) is 1.38. The molecular formula is C9H12FNO2. The highest BCUT2D eigenvalue weighted by molar-refractivity contribution is 5.41. The predicted molar refractivity (Wildman–Crippen MR) is 46.8 cm³/mol. The van der Waals surface area contributed by atoms with Gasteiger partial charge in [0.15, 0.2) is 11.6 Å². The van der Waals surface area contributed by atoms with E-state index in [1.165, 1.54) is 6.07 Å². The van der Waals surface area contributed by atoms with Gasteiger partial charge in [0.25, 0.3) is 0 Å². The molecule has 72 valence electrons. The molecule has 4 N–H and O–H groups in total. The summed E-state index contributed by atoms with van der Waals surface area (Å²) in [5, 5.41) is 18.1. The lowest BCUT2D eigenvalue weighted by atomic mass is 10.0. The summed E-state index contributed by atoms with van der Waals surface area (Å²) in [6, 6.07) is 1.94. The van der Waals surface area contributed by atoms with Crippen LogP contribution in [-0.2, 0) is 0 Å². The van der Waals surface area contributed by atoms with E-state index >= 15 is 0 Å². The number of halogens is 1. The van der Waals surface area contributed by atoms with E-state index in [1.54, 1.807) is 6.92 Å². The van der Waals surface area contributed by atoms with Crippen LogP contribution >= 0.6 is 0 Å². The van der Waals surface area contributed by atoms with Crippen molar-refractivity contribution in [2.75, 3.05) is 6.61 Å². The Morgan fingerprint density at radius 2 is 2.15 bits per heavy atom. The summed E-state index contributed by atoms with van der Waals surface area (Å²) in [7, 11) is 0. The second kappa shape index (κ2) is 3.72. The van der Waals surface area contributed by atoms with E-state index in [0.29, 0.717) is 5.56 Å². The van der Waals surface area contributed by atoms with Crippen molar-refractivity contribution in [3.63, 3.8) is 0 Å². The molecule has 0 aromatic heterocycles. The molecule has 13 heavy (non-hydrogen) atoms. The average Bonchev–Trinajstić information content (AvgIpc) is 2.12. The number of aliphatic hydroxyl groups is 1. The average molecular weight is 185 g/mol. The first-order valence-corrected chi connectivity index (χ1v) is 3.92. The summed E-state index contributed by atoms with van der Waals surface area (Å²) in [5.41, 5.74) is 6.42. The maximum atomic E-state index is 12.9. The first-order valence-electron chi connectivity index (χ1n) is 3.92. The molecule has 0 aliphatic heterocycles. The Hall–Kier alpha value is -1.13. The second-order valence-corrected chi connectivity index (χ2v) is 2.92. The van der Waals surface area contributed by atoms with Gasteiger partial charge >= 0.3 is 0 Å². The lowest BCUT2D eigenvalue weighted by Gasteiger charge is -2.13. The summed E-state index contributed by atoms with van der Waals surface area (Å²) in [4.78, 5) is 0. The SMILES string of the molecule is Cc1ccc(F)c(O)c1[C@@H](N)CO. The molecule has 0 aliphatic carbocycles. The first-order chi connectivity index (χ1) is 6.07. The van der Waals surface area contributed by atoms with Crippen molar-refractivity contribution < 1.29 is 14.6 Å². The maximum absolute atomic E-state index is 12.9. The quantitative estimate of drug-likeness (QED) is 0.639. The second-order valence-electron chi connectivity index (χ2n) is 2.92. The van der Waals surface area contributed by atoms with Gasteiger partial charge in [0.1, 0.15) is 0 Å². The van der Waals surface area contributed by atoms with Crippen molar-refractivity contribution >= 4 is 0 Å². The predicted octanol–water partition coefficient (Wildman–Crippen LogP) is 0.832. The molecular weight excluding hydrogens is 173 g/mol. The number of phenolic OH excluding ortho intramolecular Hbond substituents is 1. The van der Waals surface area contributed by atoms with Gasteiger partial charge in [0.05, 0.1) is 12.6 Å². The highest BCUT2D eigenvalue weighted by atomic mass is 19.1. The molecule has 0 saturated heterocycles. The number of hydrogen-bond donors (Lipinski definition) is 3. The number of aliphatic hydroxyl groups excluding tert-OH is 1. The van der Waals surface area contributed by atoms with E-state index in [-0.39, 0.29) is 12.2 Å². The van der Waals surface area contributed by atoms with E-state index in [0.717, 1.165) is 6.07 Å². The number of nitrogens with two attached hydrogens (primary N) is 1. The van der Waals surface area contributed by atoms with Gasteiger partial charge in [-0.05, 0) is 18.6 Å². The lowest BCUT2D eigenvalue weighted by molar-refractivity contribution is 0.264. The Morgan fingerprint density at radius 3 is 2.69 bits per heavy atom. The fourth-order valence-corrected chi connectivity index (χ4v) is 1.24. The zero-order chi connectivity index (χ0) is 10.0. The summed E-state index contributed by atoms with van der Waals surface area (Å²) in [5.74, 6) is -1.19. The largest absolute Gasteiger partial charge is 0.505 e. The van der Waals surface area contributed by atoms with Crippen LogP contribution in [0.3, 0.4) is 0 Å². The molecule has 1 aromatic rings. The van der Waals surface area contributed by atoms with E-state index in [4.69, 9.17) is 10.8 Å². The normalized spacial score (nSPS) is 12.9. The Bertz CT molecular complexity index is 315. The maximum Gasteiger partial charge on any atom is 0.165 e. The van der Waals surface area contributed by atoms with Crippen molar-refractivity contribution in [1.29, 1.82) is 0 Å². The van der Waals surface area contributed by atoms with Crippen LogP contribution in [0.1, 0.15) is 17.2 Å². The number of hydrogen-bond acceptors (Lipinski definition) is 3. The van der Waals surface area contributed by atoms with Gasteiger partial charge in [-0.15, -0.1) is 0 Å². The molecule has 1 aromatic carbocycles. The minimum Gasteiger partial charge on any atom is -0.505 e. The van der Waals surface area contributed by atoms with Gasteiger partial charge in [-0.25, -0.2) is 4.39 Å². The van der Waals surface area contributed by atoms with Crippen molar-refractivity contribution in [2.45, 2.75) is 13.0 Å². The third-order valence-corrected chi connectivity index (χ3v) is 1.95. The first kappa shape index (κ1) is 9.95. The number of rotatable bonds is 2. The Labute approximate surface area is 75.6 Å². The molecule has 0 fully saturated rings. The summed E-state index contributed by atoms with van der Waals surface area (Å²) in [6.07, 6.45) is 0. The molecule has 0 unspecified atom stereocenters. The molecule has 0 amide bonds. The molecule has 0 radical (unpaired) electrons. The van der Waals surface area contributed by atoms with Crippen LogP contribution in [-0.4, -0.2) is 16.8 Å². The van der Waals surface area contributed by atoms with Crippen LogP contribution in [0, 0.1) is 12.7 Å². The standard InChI is InChI=1S/C9H12FNO2/c1-5-2-3-6(10)9(13)8(5)7(11)4-12/h2-3,7,12-13H,4,11H2,1H3/t7-/m0/s1. The van der Waals surface area contributed by atoms with Gasteiger partial charge in [0.2, 0.25) is 0 Å². The molecule has 0 heterocycles. The monoisotopic (exact) mass is 185 g/mol. The fraction of sp³-hybridized carbons (Fsp3) is 0.333. The Kier molecular flexibility index (Phi) is 2.85. The van der Waals surface area contributed by atoms with Crippen LogP contribution in [0.15, 0.2) is 12.1 Å². The topological polar surface area (TPSA) is 66.5 Å². The third kappa shape index (κ3) is 1.79. The fourth-order valence-electron chi connectivity index (χ4n) is 1.24. The molecule has 1 atom stereocenters. The van der Waals surface area contributed by atoms with E-state index < -0.39 is 17.6 Å². The van der Waals surface area contributed by atoms with E-state index in [1.807, 2.05) is 0 Å². The summed E-state index contributed by atoms with van der Waals surface area (Å²) >= 11 is 0. The highest BCUT2D eigenvalue weighted by Crippen LogP contribution is 2.28. The molecule has 0 saturated carbocycles. The van der Waals surface area contributed by atoms with E-state index in [9.17, 15) is 9.50 Å². The molecule has 3 nitrogen and oxygen atoms in total. The van der Waals surface area contributed by atoms with Crippen molar-refractivity contribution in [3.8, 4) is 5.75 Å². The molecule has 1 rings (SSSR count). The Balaban J connectivity index is 3.25. The van der Waals surface area contributed by atoms with Gasteiger partial charge < -0.3 is 15.9 Å². The smallest absolute Gasteiger partial charge is 0.165 e. The Morgan fingerprint density at radius 1 is 1.54 bits per heavy atom. The number of phenols is 1. The van der Waals surface area contributed by atoms with Gasteiger partial charge in [-0.3, -0.25) is 0 Å². The van der Waals surface area contributed by atoms with Crippen molar-refractivity contribution in [3.05, 3.63) is 29.1 Å². The zero-order valence-electron chi connectivity index (χ0n) is 7.29. The van der Waals surface area contributed by atoms with Crippen LogP contribution in [0.2, 0.25) is 0 Å². The number of aromatic hydroxyl groups is 1. The van der Waals surface area contributed by atoms with Gasteiger partial charge in [-0.2, -0.15) is 0 Å². The number of benzene rings is 1. The minimum atomic E-state index is -0.740. The van der Waals surface area contributed by atoms with Crippen LogP contribution < -0.4 is 5.73 Å². The molecule has 0 bridgehead atoms. The van der Waals surface area contributed by atoms with Gasteiger partial charge in [0, 0.05) is 5.56 Å². The minimum absolute atomic E-state index is 0.266. The lowest BCUT2D eigenvalue weighted by Crippen LogP contribution is -2.16. The zero-order valence-corrected chi connectivity index (χ0v) is 7.29. The van der Waals surface area contributed by atoms with Gasteiger partial charge in [-0.1, -0.05) is 6.07 Å². The van der Waals surface area contributed by atoms with Crippen molar-refractivity contribution in [1.82, 2.24) is 0 Å². The third-order valence-electron chi connectivity index (χ3n) is 1.95. The molecule has 0 spiro atoms. The summed E-state index contributed by atoms with van der Waals surface area (Å²) < 4.78 is 12.9. The molecule has 4 heteroatoms. The van der Waals surface area contributed by atoms with Crippen LogP contribution in [0.4, 0.5) is 4.39 Å². The van der Waals surface area contributed by atoms with Crippen LogP contribution in [0.25, 0.3) is 0 Å². The molecule has 0 aliphatic rings. The number of aryl methyl sites for hydroxylation is 1. The van der Waals surface area contributed by atoms with E-state index in [2.05, 4.69) is 0 Å². The van der Waals surface area contributed by atoms with Crippen molar-refractivity contribution in [2.24, 2.45) is 5.73 Å². The highest BCUT2D eigenvalue weighted by Gasteiger charge is 2.15.